The van der Waals surface area contributed by atoms with Crippen LogP contribution in [0.3, 0.4) is 0 Å². The third-order valence-corrected chi connectivity index (χ3v) is 3.97. The fourth-order valence-electron chi connectivity index (χ4n) is 2.89. The van der Waals surface area contributed by atoms with E-state index in [0.717, 1.165) is 38.8 Å². The molecule has 0 radical (unpaired) electrons. The van der Waals surface area contributed by atoms with Gasteiger partial charge in [0.15, 0.2) is 0 Å². The number of methoxy groups -OCH3 is 2. The number of likely N-dealkylation sites (tertiary alicyclic amines) is 1. The molecule has 1 atom stereocenters. The lowest BCUT2D eigenvalue weighted by Gasteiger charge is -2.28. The normalized spacial score (nSPS) is 17.8. The molecule has 0 unspecified atom stereocenters. The van der Waals surface area contributed by atoms with Crippen LogP contribution >= 0.6 is 0 Å². The van der Waals surface area contributed by atoms with Gasteiger partial charge in [0.1, 0.15) is 17.5 Å². The Morgan fingerprint density at radius 1 is 1.14 bits per heavy atom. The number of nitrogens with zero attached hydrogens (tertiary/aromatic N) is 1. The van der Waals surface area contributed by atoms with Crippen LogP contribution < -0.4 is 9.47 Å². The number of aliphatic carboxylic acids is 1. The zero-order chi connectivity index (χ0) is 15.2. The summed E-state index contributed by atoms with van der Waals surface area (Å²) in [7, 11) is 3.14. The van der Waals surface area contributed by atoms with Crippen molar-refractivity contribution in [3.8, 4) is 11.5 Å². The van der Waals surface area contributed by atoms with Crippen molar-refractivity contribution in [2.24, 2.45) is 0 Å². The molecule has 1 saturated heterocycles. The molecule has 0 amide bonds. The van der Waals surface area contributed by atoms with Crippen LogP contribution in [0.4, 0.5) is 0 Å². The molecule has 5 nitrogen and oxygen atoms in total. The van der Waals surface area contributed by atoms with Gasteiger partial charge >= 0.3 is 5.97 Å². The van der Waals surface area contributed by atoms with Gasteiger partial charge in [0, 0.05) is 5.56 Å². The highest BCUT2D eigenvalue weighted by Crippen LogP contribution is 2.34. The van der Waals surface area contributed by atoms with E-state index in [9.17, 15) is 9.90 Å². The highest BCUT2D eigenvalue weighted by Gasteiger charge is 2.30. The van der Waals surface area contributed by atoms with Gasteiger partial charge in [-0.15, -0.1) is 0 Å². The highest BCUT2D eigenvalue weighted by molar-refractivity contribution is 5.77. The molecule has 1 N–H and O–H groups in total. The first-order valence-electron chi connectivity index (χ1n) is 7.36. The van der Waals surface area contributed by atoms with Crippen molar-refractivity contribution in [1.29, 1.82) is 0 Å². The molecule has 1 heterocycles. The predicted octanol–water partition coefficient (Wildman–Crippen LogP) is 2.71. The largest absolute Gasteiger partial charge is 0.497 e. The van der Waals surface area contributed by atoms with E-state index in [0.29, 0.717) is 17.1 Å². The van der Waals surface area contributed by atoms with Crippen molar-refractivity contribution < 1.29 is 19.4 Å². The van der Waals surface area contributed by atoms with Crippen LogP contribution in [-0.4, -0.2) is 43.3 Å². The maximum Gasteiger partial charge on any atom is 0.325 e. The van der Waals surface area contributed by atoms with Crippen LogP contribution in [0, 0.1) is 0 Å². The number of ether oxygens (including phenoxy) is 2. The molecule has 116 valence electrons. The predicted molar refractivity (Wildman–Crippen MR) is 80.0 cm³/mol. The highest BCUT2D eigenvalue weighted by atomic mass is 16.5. The van der Waals surface area contributed by atoms with E-state index in [4.69, 9.17) is 9.47 Å². The lowest BCUT2D eigenvalue weighted by atomic mass is 10.0. The second-order valence-electron chi connectivity index (χ2n) is 5.30. The summed E-state index contributed by atoms with van der Waals surface area (Å²) in [6.45, 7) is 1.61. The Balaban J connectivity index is 2.38. The smallest absolute Gasteiger partial charge is 0.325 e. The van der Waals surface area contributed by atoms with Crippen molar-refractivity contribution in [3.05, 3.63) is 23.8 Å². The third-order valence-electron chi connectivity index (χ3n) is 3.97. The van der Waals surface area contributed by atoms with Crippen molar-refractivity contribution in [2.75, 3.05) is 27.3 Å². The van der Waals surface area contributed by atoms with Crippen molar-refractivity contribution in [2.45, 2.75) is 31.7 Å². The number of carboxylic acid groups (broad SMARTS) is 1. The molecular formula is C16H23NO4. The summed E-state index contributed by atoms with van der Waals surface area (Å²) in [4.78, 5) is 13.9. The van der Waals surface area contributed by atoms with Crippen LogP contribution in [0.15, 0.2) is 18.2 Å². The van der Waals surface area contributed by atoms with Crippen LogP contribution in [0.5, 0.6) is 11.5 Å². The molecule has 1 aromatic carbocycles. The van der Waals surface area contributed by atoms with Gasteiger partial charge in [-0.1, -0.05) is 12.8 Å². The number of hydrogen-bond acceptors (Lipinski definition) is 4. The summed E-state index contributed by atoms with van der Waals surface area (Å²) in [5.74, 6) is 0.391. The Hall–Kier alpha value is -1.75. The number of carbonyl (C=O) groups is 1. The Labute approximate surface area is 125 Å². The quantitative estimate of drug-likeness (QED) is 0.904. The first-order chi connectivity index (χ1) is 10.2. The van der Waals surface area contributed by atoms with Gasteiger partial charge in [-0.2, -0.15) is 0 Å². The van der Waals surface area contributed by atoms with E-state index in [-0.39, 0.29) is 0 Å². The summed E-state index contributed by atoms with van der Waals surface area (Å²) in [5.41, 5.74) is 0.659. The van der Waals surface area contributed by atoms with Gasteiger partial charge in [-0.05, 0) is 44.1 Å². The second kappa shape index (κ2) is 7.31. The third kappa shape index (κ3) is 3.67. The van der Waals surface area contributed by atoms with Gasteiger partial charge in [-0.3, -0.25) is 9.69 Å². The SMILES string of the molecule is COc1ccc(OC)c([C@H](C(=O)O)N2CCCCCC2)c1. The van der Waals surface area contributed by atoms with Gasteiger partial charge < -0.3 is 14.6 Å². The van der Waals surface area contributed by atoms with Gasteiger partial charge in [0.05, 0.1) is 14.2 Å². The van der Waals surface area contributed by atoms with Crippen molar-refractivity contribution in [1.82, 2.24) is 4.90 Å². The minimum Gasteiger partial charge on any atom is -0.497 e. The molecule has 21 heavy (non-hydrogen) atoms. The van der Waals surface area contributed by atoms with Gasteiger partial charge in [-0.25, -0.2) is 0 Å². The van der Waals surface area contributed by atoms with E-state index in [1.807, 2.05) is 4.90 Å². The van der Waals surface area contributed by atoms with E-state index in [2.05, 4.69) is 0 Å². The molecule has 0 aliphatic carbocycles. The molecule has 5 heteroatoms. The lowest BCUT2D eigenvalue weighted by Crippen LogP contribution is -2.35. The van der Waals surface area contributed by atoms with Crippen molar-refractivity contribution in [3.63, 3.8) is 0 Å². The minimum atomic E-state index is -0.844. The molecule has 1 aliphatic heterocycles. The first-order valence-corrected chi connectivity index (χ1v) is 7.36. The van der Waals surface area contributed by atoms with Gasteiger partial charge in [0.2, 0.25) is 0 Å². The van der Waals surface area contributed by atoms with E-state index >= 15 is 0 Å². The number of benzene rings is 1. The molecule has 1 aromatic rings. The first kappa shape index (κ1) is 15.6. The minimum absolute atomic E-state index is 0.590. The molecule has 0 spiro atoms. The topological polar surface area (TPSA) is 59.0 Å². The zero-order valence-electron chi connectivity index (χ0n) is 12.7. The molecule has 2 rings (SSSR count). The Kier molecular flexibility index (Phi) is 5.44. The van der Waals surface area contributed by atoms with Crippen molar-refractivity contribution >= 4 is 5.97 Å². The van der Waals surface area contributed by atoms with Crippen LogP contribution in [0.25, 0.3) is 0 Å². The van der Waals surface area contributed by atoms with Gasteiger partial charge in [0.25, 0.3) is 0 Å². The zero-order valence-corrected chi connectivity index (χ0v) is 12.7. The van der Waals surface area contributed by atoms with E-state index in [1.54, 1.807) is 32.4 Å². The number of hydrogen-bond donors (Lipinski definition) is 1. The second-order valence-corrected chi connectivity index (χ2v) is 5.30. The summed E-state index contributed by atoms with van der Waals surface area (Å²) >= 11 is 0. The molecule has 1 fully saturated rings. The number of carboxylic acids is 1. The average molecular weight is 293 g/mol. The van der Waals surface area contributed by atoms with E-state index in [1.165, 1.54) is 0 Å². The summed E-state index contributed by atoms with van der Waals surface area (Å²) in [6, 6.07) is 4.63. The molecule has 0 bridgehead atoms. The van der Waals surface area contributed by atoms with Crippen LogP contribution in [-0.2, 0) is 4.79 Å². The van der Waals surface area contributed by atoms with Crippen LogP contribution in [0.2, 0.25) is 0 Å². The Bertz CT molecular complexity index is 481. The number of rotatable bonds is 5. The standard InChI is InChI=1S/C16H23NO4/c1-20-12-7-8-14(21-2)13(11-12)15(16(18)19)17-9-5-3-4-6-10-17/h7-8,11,15H,3-6,9-10H2,1-2H3,(H,18,19)/t15-/m1/s1. The fraction of sp³-hybridized carbons (Fsp3) is 0.562. The average Bonchev–Trinajstić information content (AvgIpc) is 2.76. The molecule has 1 aliphatic rings. The maximum absolute atomic E-state index is 11.8. The Morgan fingerprint density at radius 3 is 2.33 bits per heavy atom. The molecular weight excluding hydrogens is 270 g/mol. The van der Waals surface area contributed by atoms with E-state index < -0.39 is 12.0 Å². The summed E-state index contributed by atoms with van der Waals surface area (Å²) < 4.78 is 10.6. The van der Waals surface area contributed by atoms with Crippen LogP contribution in [0.1, 0.15) is 37.3 Å². The monoisotopic (exact) mass is 293 g/mol. The fourth-order valence-corrected chi connectivity index (χ4v) is 2.89. The summed E-state index contributed by atoms with van der Waals surface area (Å²) in [6.07, 6.45) is 4.41. The lowest BCUT2D eigenvalue weighted by molar-refractivity contribution is -0.143. The summed E-state index contributed by atoms with van der Waals surface area (Å²) in [5, 5.41) is 9.72. The molecule has 0 saturated carbocycles. The Morgan fingerprint density at radius 2 is 1.81 bits per heavy atom. The molecule has 0 aromatic heterocycles. The maximum atomic E-state index is 11.8.